The molecule has 0 N–H and O–H groups in total. The van der Waals surface area contributed by atoms with Crippen LogP contribution in [0.4, 0.5) is 0 Å². The van der Waals surface area contributed by atoms with Crippen LogP contribution in [0.15, 0.2) is 48.0 Å². The molecule has 0 nitrogen and oxygen atoms in total. The summed E-state index contributed by atoms with van der Waals surface area (Å²) < 4.78 is 0. The SMILES string of the molecule is C=CCC[B]C1=CCC=CC=C1C. The lowest BCUT2D eigenvalue weighted by Crippen LogP contribution is -1.96. The second kappa shape index (κ2) is 5.63. The summed E-state index contributed by atoms with van der Waals surface area (Å²) in [6, 6.07) is 0. The van der Waals surface area contributed by atoms with Gasteiger partial charge >= 0.3 is 0 Å². The van der Waals surface area contributed by atoms with Crippen molar-refractivity contribution in [2.75, 3.05) is 0 Å². The minimum Gasteiger partial charge on any atom is -0.103 e. The lowest BCUT2D eigenvalue weighted by molar-refractivity contribution is 1.20. The first-order valence-corrected chi connectivity index (χ1v) is 4.82. The molecular formula is C12H16B. The van der Waals surface area contributed by atoms with E-state index in [0.29, 0.717) is 0 Å². The fourth-order valence-corrected chi connectivity index (χ4v) is 1.34. The van der Waals surface area contributed by atoms with E-state index in [1.807, 2.05) is 6.08 Å². The Bertz CT molecular complexity index is 256. The van der Waals surface area contributed by atoms with Gasteiger partial charge < -0.3 is 0 Å². The zero-order chi connectivity index (χ0) is 9.52. The lowest BCUT2D eigenvalue weighted by atomic mass is 9.63. The average Bonchev–Trinajstić information content (AvgIpc) is 2.32. The molecule has 0 aromatic rings. The molecule has 1 aliphatic rings. The standard InChI is InChI=1S/C12H16B/c1-3-4-10-13-12-9-7-5-6-8-11(12)2/h3,5-6,8-9H,1,4,7,10H2,2H3. The summed E-state index contributed by atoms with van der Waals surface area (Å²) in [6.07, 6.45) is 13.9. The lowest BCUT2D eigenvalue weighted by Gasteiger charge is -2.04. The molecule has 1 heteroatoms. The van der Waals surface area contributed by atoms with Crippen LogP contribution in [0.2, 0.25) is 6.32 Å². The molecular weight excluding hydrogens is 155 g/mol. The van der Waals surface area contributed by atoms with Crippen molar-refractivity contribution in [1.29, 1.82) is 0 Å². The van der Waals surface area contributed by atoms with Gasteiger partial charge in [0.1, 0.15) is 0 Å². The average molecular weight is 171 g/mol. The fourth-order valence-electron chi connectivity index (χ4n) is 1.34. The minimum absolute atomic E-state index is 1.05. The quantitative estimate of drug-likeness (QED) is 0.345. The highest BCUT2D eigenvalue weighted by molar-refractivity contribution is 6.47. The van der Waals surface area contributed by atoms with Gasteiger partial charge in [0.2, 0.25) is 0 Å². The molecule has 0 atom stereocenters. The molecule has 1 radical (unpaired) electrons. The van der Waals surface area contributed by atoms with Crippen LogP contribution < -0.4 is 0 Å². The Morgan fingerprint density at radius 1 is 1.62 bits per heavy atom. The van der Waals surface area contributed by atoms with Crippen LogP contribution in [0.5, 0.6) is 0 Å². The van der Waals surface area contributed by atoms with Crippen molar-refractivity contribution in [3.05, 3.63) is 48.0 Å². The van der Waals surface area contributed by atoms with Gasteiger partial charge in [-0.25, -0.2) is 0 Å². The maximum Gasteiger partial charge on any atom is 0.151 e. The van der Waals surface area contributed by atoms with E-state index in [-0.39, 0.29) is 0 Å². The Balaban J connectivity index is 2.48. The summed E-state index contributed by atoms with van der Waals surface area (Å²) in [7, 11) is 2.29. The molecule has 0 saturated heterocycles. The van der Waals surface area contributed by atoms with Gasteiger partial charge in [-0.3, -0.25) is 0 Å². The maximum absolute atomic E-state index is 3.71. The second-order valence-corrected chi connectivity index (χ2v) is 3.24. The van der Waals surface area contributed by atoms with E-state index in [0.717, 1.165) is 19.2 Å². The van der Waals surface area contributed by atoms with Gasteiger partial charge in [-0.2, -0.15) is 0 Å². The highest BCUT2D eigenvalue weighted by atomic mass is 14.0. The van der Waals surface area contributed by atoms with Crippen molar-refractivity contribution in [3.8, 4) is 0 Å². The summed E-state index contributed by atoms with van der Waals surface area (Å²) in [5.74, 6) is 0. The molecule has 1 aliphatic carbocycles. The van der Waals surface area contributed by atoms with Crippen LogP contribution in [0.3, 0.4) is 0 Å². The van der Waals surface area contributed by atoms with Crippen LogP contribution in [-0.4, -0.2) is 7.28 Å². The predicted octanol–water partition coefficient (Wildman–Crippen LogP) is 3.48. The zero-order valence-corrected chi connectivity index (χ0v) is 8.29. The molecule has 0 spiro atoms. The van der Waals surface area contributed by atoms with Crippen LogP contribution in [0.25, 0.3) is 0 Å². The summed E-state index contributed by atoms with van der Waals surface area (Å²) in [5, 5.41) is 0. The molecule has 0 fully saturated rings. The first kappa shape index (κ1) is 10.1. The first-order valence-electron chi connectivity index (χ1n) is 4.82. The number of allylic oxidation sites excluding steroid dienone is 7. The van der Waals surface area contributed by atoms with Gasteiger partial charge in [-0.1, -0.05) is 47.7 Å². The molecule has 0 unspecified atom stereocenters. The van der Waals surface area contributed by atoms with E-state index in [1.54, 1.807) is 0 Å². The summed E-state index contributed by atoms with van der Waals surface area (Å²) in [6.45, 7) is 5.87. The Labute approximate surface area is 82.0 Å². The first-order chi connectivity index (χ1) is 6.34. The molecule has 1 rings (SSSR count). The van der Waals surface area contributed by atoms with Gasteiger partial charge in [0.15, 0.2) is 7.28 Å². The van der Waals surface area contributed by atoms with E-state index in [1.165, 1.54) is 11.0 Å². The van der Waals surface area contributed by atoms with Gasteiger partial charge in [-0.05, 0) is 19.8 Å². The van der Waals surface area contributed by atoms with Crippen LogP contribution in [0.1, 0.15) is 19.8 Å². The van der Waals surface area contributed by atoms with Crippen molar-refractivity contribution in [1.82, 2.24) is 0 Å². The molecule has 67 valence electrons. The molecule has 0 aromatic carbocycles. The molecule has 13 heavy (non-hydrogen) atoms. The van der Waals surface area contributed by atoms with Gasteiger partial charge in [-0.15, -0.1) is 6.58 Å². The largest absolute Gasteiger partial charge is 0.151 e. The molecule has 0 aliphatic heterocycles. The molecule has 0 heterocycles. The van der Waals surface area contributed by atoms with Crippen molar-refractivity contribution < 1.29 is 0 Å². The smallest absolute Gasteiger partial charge is 0.103 e. The summed E-state index contributed by atoms with van der Waals surface area (Å²) in [5.41, 5.74) is 2.74. The zero-order valence-electron chi connectivity index (χ0n) is 8.29. The normalized spacial score (nSPS) is 15.8. The van der Waals surface area contributed by atoms with Gasteiger partial charge in [0.25, 0.3) is 0 Å². The highest BCUT2D eigenvalue weighted by Gasteiger charge is 2.01. The van der Waals surface area contributed by atoms with Crippen LogP contribution >= 0.6 is 0 Å². The molecule has 0 aromatic heterocycles. The fraction of sp³-hybridized carbons (Fsp3) is 0.333. The maximum atomic E-state index is 3.71. The molecule has 0 bridgehead atoms. The van der Waals surface area contributed by atoms with Crippen molar-refractivity contribution >= 4 is 7.28 Å². The number of rotatable bonds is 4. The number of hydrogen-bond acceptors (Lipinski definition) is 0. The van der Waals surface area contributed by atoms with Crippen molar-refractivity contribution in [3.63, 3.8) is 0 Å². The van der Waals surface area contributed by atoms with E-state index in [9.17, 15) is 0 Å². The number of hydrogen-bond donors (Lipinski definition) is 0. The third-order valence-electron chi connectivity index (χ3n) is 2.15. The summed E-state index contributed by atoms with van der Waals surface area (Å²) in [4.78, 5) is 0. The topological polar surface area (TPSA) is 0 Å². The monoisotopic (exact) mass is 171 g/mol. The Hall–Kier alpha value is -0.975. The van der Waals surface area contributed by atoms with Crippen LogP contribution in [0, 0.1) is 0 Å². The molecule has 0 saturated carbocycles. The van der Waals surface area contributed by atoms with Gasteiger partial charge in [0.05, 0.1) is 0 Å². The Kier molecular flexibility index (Phi) is 4.38. The van der Waals surface area contributed by atoms with E-state index in [2.05, 4.69) is 45.1 Å². The minimum atomic E-state index is 1.05. The van der Waals surface area contributed by atoms with Crippen molar-refractivity contribution in [2.24, 2.45) is 0 Å². The van der Waals surface area contributed by atoms with Gasteiger partial charge in [0, 0.05) is 0 Å². The Morgan fingerprint density at radius 3 is 3.23 bits per heavy atom. The van der Waals surface area contributed by atoms with E-state index < -0.39 is 0 Å². The Morgan fingerprint density at radius 2 is 2.46 bits per heavy atom. The van der Waals surface area contributed by atoms with Crippen LogP contribution in [-0.2, 0) is 0 Å². The highest BCUT2D eigenvalue weighted by Crippen LogP contribution is 2.14. The van der Waals surface area contributed by atoms with Crippen molar-refractivity contribution in [2.45, 2.75) is 26.1 Å². The van der Waals surface area contributed by atoms with E-state index >= 15 is 0 Å². The third-order valence-corrected chi connectivity index (χ3v) is 2.15. The van der Waals surface area contributed by atoms with E-state index in [4.69, 9.17) is 0 Å². The third kappa shape index (κ3) is 3.50. The summed E-state index contributed by atoms with van der Waals surface area (Å²) >= 11 is 0. The predicted molar refractivity (Wildman–Crippen MR) is 61.0 cm³/mol. The second-order valence-electron chi connectivity index (χ2n) is 3.24. The molecule has 0 amide bonds.